The lowest BCUT2D eigenvalue weighted by molar-refractivity contribution is -0.122. The van der Waals surface area contributed by atoms with Crippen LogP contribution in [0.3, 0.4) is 0 Å². The highest BCUT2D eigenvalue weighted by Crippen LogP contribution is 2.21. The molecule has 0 aliphatic heterocycles. The van der Waals surface area contributed by atoms with Crippen molar-refractivity contribution in [3.63, 3.8) is 0 Å². The number of aryl methyl sites for hydroxylation is 1. The summed E-state index contributed by atoms with van der Waals surface area (Å²) in [6.45, 7) is 5.87. The molecule has 1 aliphatic rings. The van der Waals surface area contributed by atoms with Crippen LogP contribution in [-0.2, 0) is 17.9 Å². The van der Waals surface area contributed by atoms with Crippen LogP contribution in [0.5, 0.6) is 0 Å². The molecule has 1 N–H and O–H groups in total. The minimum absolute atomic E-state index is 0.0951. The summed E-state index contributed by atoms with van der Waals surface area (Å²) in [5, 5.41) is 7.77. The third kappa shape index (κ3) is 5.19. The summed E-state index contributed by atoms with van der Waals surface area (Å²) in [6, 6.07) is 10.9. The van der Waals surface area contributed by atoms with E-state index in [-0.39, 0.29) is 5.91 Å². The smallest absolute Gasteiger partial charge is 0.234 e. The number of hydrogen-bond acceptors (Lipinski definition) is 3. The number of carbonyl (C=O) groups excluding carboxylic acids is 1. The van der Waals surface area contributed by atoms with Gasteiger partial charge < -0.3 is 5.32 Å². The fourth-order valence-corrected chi connectivity index (χ4v) is 4.02. The van der Waals surface area contributed by atoms with Crippen molar-refractivity contribution in [1.29, 1.82) is 0 Å². The molecule has 146 valence electrons. The van der Waals surface area contributed by atoms with Crippen LogP contribution in [0.1, 0.15) is 54.6 Å². The Morgan fingerprint density at radius 2 is 1.89 bits per heavy atom. The number of nitrogens with zero attached hydrogens (tertiary/aromatic N) is 3. The zero-order chi connectivity index (χ0) is 19.2. The summed E-state index contributed by atoms with van der Waals surface area (Å²) in [5.41, 5.74) is 4.47. The average molecular weight is 369 g/mol. The Hall–Kier alpha value is -2.14. The van der Waals surface area contributed by atoms with Gasteiger partial charge in [-0.15, -0.1) is 0 Å². The van der Waals surface area contributed by atoms with Gasteiger partial charge in [0.05, 0.1) is 18.8 Å². The first-order chi connectivity index (χ1) is 13.0. The molecule has 1 aromatic carbocycles. The SMILES string of the molecule is Cc1nn(Cc2ccccc2)c(C)c1CNC(=O)CN(C)C1CCCCC1. The van der Waals surface area contributed by atoms with Crippen molar-refractivity contribution < 1.29 is 4.79 Å². The molecule has 1 aromatic heterocycles. The quantitative estimate of drug-likeness (QED) is 0.815. The van der Waals surface area contributed by atoms with Crippen molar-refractivity contribution in [1.82, 2.24) is 20.0 Å². The Kier molecular flexibility index (Phi) is 6.67. The van der Waals surface area contributed by atoms with Crippen LogP contribution in [0.2, 0.25) is 0 Å². The summed E-state index contributed by atoms with van der Waals surface area (Å²) in [4.78, 5) is 14.6. The molecule has 1 aliphatic carbocycles. The Morgan fingerprint density at radius 1 is 1.19 bits per heavy atom. The van der Waals surface area contributed by atoms with Crippen molar-refractivity contribution in [2.75, 3.05) is 13.6 Å². The molecule has 5 nitrogen and oxygen atoms in total. The highest BCUT2D eigenvalue weighted by Gasteiger charge is 2.20. The highest BCUT2D eigenvalue weighted by atomic mass is 16.2. The topological polar surface area (TPSA) is 50.2 Å². The van der Waals surface area contributed by atoms with Gasteiger partial charge in [-0.25, -0.2) is 0 Å². The molecule has 5 heteroatoms. The second kappa shape index (κ2) is 9.18. The molecule has 0 saturated heterocycles. The van der Waals surface area contributed by atoms with Gasteiger partial charge >= 0.3 is 0 Å². The highest BCUT2D eigenvalue weighted by molar-refractivity contribution is 5.78. The van der Waals surface area contributed by atoms with Crippen molar-refractivity contribution in [3.05, 3.63) is 52.8 Å². The van der Waals surface area contributed by atoms with E-state index in [0.717, 1.165) is 23.5 Å². The third-order valence-electron chi connectivity index (χ3n) is 5.76. The first-order valence-corrected chi connectivity index (χ1v) is 10.1. The molecule has 0 radical (unpaired) electrons. The predicted molar refractivity (Wildman–Crippen MR) is 109 cm³/mol. The fourth-order valence-electron chi connectivity index (χ4n) is 4.02. The summed E-state index contributed by atoms with van der Waals surface area (Å²) < 4.78 is 2.03. The molecule has 0 unspecified atom stereocenters. The number of amides is 1. The molecule has 1 heterocycles. The maximum atomic E-state index is 12.4. The summed E-state index contributed by atoms with van der Waals surface area (Å²) in [7, 11) is 2.07. The van der Waals surface area contributed by atoms with E-state index in [2.05, 4.69) is 41.4 Å². The van der Waals surface area contributed by atoms with Crippen LogP contribution in [0.25, 0.3) is 0 Å². The monoisotopic (exact) mass is 368 g/mol. The van der Waals surface area contributed by atoms with Gasteiger partial charge in [-0.05, 0) is 39.3 Å². The molecule has 0 bridgehead atoms. The number of rotatable bonds is 7. The number of likely N-dealkylation sites (N-methyl/N-ethyl adjacent to an activating group) is 1. The van der Waals surface area contributed by atoms with Gasteiger partial charge in [-0.1, -0.05) is 49.6 Å². The second-order valence-corrected chi connectivity index (χ2v) is 7.78. The Morgan fingerprint density at radius 3 is 2.59 bits per heavy atom. The summed E-state index contributed by atoms with van der Waals surface area (Å²) >= 11 is 0. The van der Waals surface area contributed by atoms with Crippen LogP contribution in [0.4, 0.5) is 0 Å². The lowest BCUT2D eigenvalue weighted by Crippen LogP contribution is -2.41. The van der Waals surface area contributed by atoms with Crippen LogP contribution in [0, 0.1) is 13.8 Å². The van der Waals surface area contributed by atoms with E-state index in [4.69, 9.17) is 0 Å². The average Bonchev–Trinajstić information content (AvgIpc) is 2.94. The van der Waals surface area contributed by atoms with E-state index < -0.39 is 0 Å². The van der Waals surface area contributed by atoms with Crippen LogP contribution in [0.15, 0.2) is 30.3 Å². The Labute approximate surface area is 162 Å². The maximum absolute atomic E-state index is 12.4. The maximum Gasteiger partial charge on any atom is 0.234 e. The lowest BCUT2D eigenvalue weighted by atomic mass is 9.94. The van der Waals surface area contributed by atoms with Crippen molar-refractivity contribution in [2.24, 2.45) is 0 Å². The standard InChI is InChI=1S/C22H32N4O/c1-17-21(18(2)26(24-17)15-19-10-6-4-7-11-19)14-23-22(27)16-25(3)20-12-8-5-9-13-20/h4,6-7,10-11,20H,5,8-9,12-16H2,1-3H3,(H,23,27). The van der Waals surface area contributed by atoms with Crippen molar-refractivity contribution >= 4 is 5.91 Å². The molecule has 1 amide bonds. The number of carbonyl (C=O) groups is 1. The minimum Gasteiger partial charge on any atom is -0.351 e. The fraction of sp³-hybridized carbons (Fsp3) is 0.545. The van der Waals surface area contributed by atoms with Gasteiger partial charge in [0.25, 0.3) is 0 Å². The molecule has 27 heavy (non-hydrogen) atoms. The van der Waals surface area contributed by atoms with E-state index in [1.807, 2.05) is 29.8 Å². The van der Waals surface area contributed by atoms with E-state index in [1.54, 1.807) is 0 Å². The molecule has 1 saturated carbocycles. The van der Waals surface area contributed by atoms with E-state index in [9.17, 15) is 4.79 Å². The number of hydrogen-bond donors (Lipinski definition) is 1. The first kappa shape index (κ1) is 19.6. The normalized spacial score (nSPS) is 15.3. The molecule has 0 atom stereocenters. The Balaban J connectivity index is 1.55. The van der Waals surface area contributed by atoms with E-state index >= 15 is 0 Å². The van der Waals surface area contributed by atoms with Crippen LogP contribution >= 0.6 is 0 Å². The van der Waals surface area contributed by atoms with Gasteiger partial charge in [0.15, 0.2) is 0 Å². The van der Waals surface area contributed by atoms with Crippen molar-refractivity contribution in [2.45, 2.75) is 65.1 Å². The first-order valence-electron chi connectivity index (χ1n) is 10.1. The van der Waals surface area contributed by atoms with E-state index in [0.29, 0.717) is 19.1 Å². The largest absolute Gasteiger partial charge is 0.351 e. The van der Waals surface area contributed by atoms with Crippen LogP contribution in [-0.4, -0.2) is 40.2 Å². The van der Waals surface area contributed by atoms with E-state index in [1.165, 1.54) is 37.7 Å². The van der Waals surface area contributed by atoms with Gasteiger partial charge in [-0.3, -0.25) is 14.4 Å². The second-order valence-electron chi connectivity index (χ2n) is 7.78. The van der Waals surface area contributed by atoms with Gasteiger partial charge in [0, 0.05) is 23.8 Å². The molecular weight excluding hydrogens is 336 g/mol. The van der Waals surface area contributed by atoms with Gasteiger partial charge in [0.2, 0.25) is 5.91 Å². The number of aromatic nitrogens is 2. The van der Waals surface area contributed by atoms with Crippen molar-refractivity contribution in [3.8, 4) is 0 Å². The predicted octanol–water partition coefficient (Wildman–Crippen LogP) is 3.43. The number of nitrogens with one attached hydrogen (secondary N) is 1. The summed E-state index contributed by atoms with van der Waals surface area (Å²) in [5.74, 6) is 0.0951. The zero-order valence-corrected chi connectivity index (χ0v) is 16.9. The van der Waals surface area contributed by atoms with Gasteiger partial charge in [0.1, 0.15) is 0 Å². The summed E-state index contributed by atoms with van der Waals surface area (Å²) in [6.07, 6.45) is 6.34. The molecular formula is C22H32N4O. The number of benzene rings is 1. The van der Waals surface area contributed by atoms with Gasteiger partial charge in [-0.2, -0.15) is 5.10 Å². The third-order valence-corrected chi connectivity index (χ3v) is 5.76. The molecule has 0 spiro atoms. The zero-order valence-electron chi connectivity index (χ0n) is 16.9. The molecule has 1 fully saturated rings. The molecule has 2 aromatic rings. The lowest BCUT2D eigenvalue weighted by Gasteiger charge is -2.30. The molecule has 3 rings (SSSR count). The minimum atomic E-state index is 0.0951. The van der Waals surface area contributed by atoms with Crippen LogP contribution < -0.4 is 5.32 Å². The Bertz CT molecular complexity index is 747.